The standard InChI is InChI=1S/C16H19N3O/c1-11(2)14-6-4-5-12(3)15(14)19-16(20)18-13-7-9-17-10-8-13/h4-11H,1-3H3,(H2,17,18,19,20). The van der Waals surface area contributed by atoms with Gasteiger partial charge in [-0.3, -0.25) is 4.98 Å². The molecule has 104 valence electrons. The number of hydrogen-bond acceptors (Lipinski definition) is 2. The lowest BCUT2D eigenvalue weighted by molar-refractivity contribution is 0.262. The Morgan fingerprint density at radius 1 is 1.10 bits per heavy atom. The molecule has 2 rings (SSSR count). The number of nitrogens with one attached hydrogen (secondary N) is 2. The van der Waals surface area contributed by atoms with Gasteiger partial charge >= 0.3 is 6.03 Å². The van der Waals surface area contributed by atoms with Crippen molar-refractivity contribution >= 4 is 17.4 Å². The Morgan fingerprint density at radius 2 is 1.80 bits per heavy atom. The summed E-state index contributed by atoms with van der Waals surface area (Å²) in [6, 6.07) is 9.30. The topological polar surface area (TPSA) is 54.0 Å². The van der Waals surface area contributed by atoms with Gasteiger partial charge in [-0.15, -0.1) is 0 Å². The molecule has 0 aliphatic carbocycles. The van der Waals surface area contributed by atoms with E-state index in [1.807, 2.05) is 25.1 Å². The summed E-state index contributed by atoms with van der Waals surface area (Å²) in [6.07, 6.45) is 3.28. The van der Waals surface area contributed by atoms with Crippen molar-refractivity contribution in [2.24, 2.45) is 0 Å². The highest BCUT2D eigenvalue weighted by atomic mass is 16.2. The average Bonchev–Trinajstić information content (AvgIpc) is 2.42. The molecule has 0 saturated heterocycles. The van der Waals surface area contributed by atoms with Crippen LogP contribution in [0.4, 0.5) is 16.2 Å². The number of pyridine rings is 1. The fourth-order valence-electron chi connectivity index (χ4n) is 2.05. The monoisotopic (exact) mass is 269 g/mol. The van der Waals surface area contributed by atoms with Gasteiger partial charge in [-0.05, 0) is 36.1 Å². The van der Waals surface area contributed by atoms with E-state index >= 15 is 0 Å². The first-order valence-corrected chi connectivity index (χ1v) is 6.65. The number of urea groups is 1. The maximum absolute atomic E-state index is 12.1. The second kappa shape index (κ2) is 6.19. The SMILES string of the molecule is Cc1cccc(C(C)C)c1NC(=O)Nc1ccncc1. The number of rotatable bonds is 3. The van der Waals surface area contributed by atoms with Gasteiger partial charge in [0.1, 0.15) is 0 Å². The second-order valence-corrected chi connectivity index (χ2v) is 5.01. The van der Waals surface area contributed by atoms with Gasteiger partial charge in [0.2, 0.25) is 0 Å². The molecular formula is C16H19N3O. The Bertz CT molecular complexity index is 594. The Kier molecular flexibility index (Phi) is 4.35. The molecule has 0 spiro atoms. The summed E-state index contributed by atoms with van der Waals surface area (Å²) in [5.74, 6) is 0.353. The zero-order chi connectivity index (χ0) is 14.5. The van der Waals surface area contributed by atoms with Crippen molar-refractivity contribution in [1.82, 2.24) is 4.98 Å². The lowest BCUT2D eigenvalue weighted by atomic mass is 9.98. The number of anilines is 2. The molecule has 4 heteroatoms. The third kappa shape index (κ3) is 3.35. The predicted molar refractivity (Wildman–Crippen MR) is 82.1 cm³/mol. The molecule has 0 bridgehead atoms. The third-order valence-electron chi connectivity index (χ3n) is 3.10. The van der Waals surface area contributed by atoms with Crippen molar-refractivity contribution in [1.29, 1.82) is 0 Å². The lowest BCUT2D eigenvalue weighted by Gasteiger charge is -2.16. The molecule has 0 atom stereocenters. The third-order valence-corrected chi connectivity index (χ3v) is 3.10. The molecule has 20 heavy (non-hydrogen) atoms. The summed E-state index contributed by atoms with van der Waals surface area (Å²) in [4.78, 5) is 16.0. The zero-order valence-electron chi connectivity index (χ0n) is 12.0. The Balaban J connectivity index is 2.16. The van der Waals surface area contributed by atoms with E-state index in [9.17, 15) is 4.79 Å². The Labute approximate surface area is 119 Å². The van der Waals surface area contributed by atoms with Gasteiger partial charge < -0.3 is 10.6 Å². The van der Waals surface area contributed by atoms with Gasteiger partial charge in [0.25, 0.3) is 0 Å². The largest absolute Gasteiger partial charge is 0.323 e. The molecule has 2 aromatic rings. The number of aromatic nitrogens is 1. The number of para-hydroxylation sites is 1. The molecule has 0 aliphatic heterocycles. The molecule has 2 amide bonds. The van der Waals surface area contributed by atoms with Gasteiger partial charge in [0, 0.05) is 23.8 Å². The number of carbonyl (C=O) groups is 1. The van der Waals surface area contributed by atoms with Crippen LogP contribution >= 0.6 is 0 Å². The summed E-state index contributed by atoms with van der Waals surface area (Å²) in [7, 11) is 0. The summed E-state index contributed by atoms with van der Waals surface area (Å²) < 4.78 is 0. The molecule has 0 aliphatic rings. The Morgan fingerprint density at radius 3 is 2.45 bits per heavy atom. The second-order valence-electron chi connectivity index (χ2n) is 5.01. The molecule has 1 aromatic carbocycles. The minimum Gasteiger partial charge on any atom is -0.308 e. The van der Waals surface area contributed by atoms with E-state index in [0.717, 1.165) is 22.5 Å². The molecule has 0 unspecified atom stereocenters. The summed E-state index contributed by atoms with van der Waals surface area (Å²) >= 11 is 0. The van der Waals surface area contributed by atoms with E-state index < -0.39 is 0 Å². The van der Waals surface area contributed by atoms with Crippen molar-refractivity contribution in [3.63, 3.8) is 0 Å². The van der Waals surface area contributed by atoms with E-state index in [1.165, 1.54) is 0 Å². The van der Waals surface area contributed by atoms with E-state index in [0.29, 0.717) is 5.92 Å². The molecule has 1 heterocycles. The lowest BCUT2D eigenvalue weighted by Crippen LogP contribution is -2.21. The van der Waals surface area contributed by atoms with Gasteiger partial charge in [0.15, 0.2) is 0 Å². The number of benzene rings is 1. The molecule has 1 aromatic heterocycles. The normalized spacial score (nSPS) is 10.4. The summed E-state index contributed by atoms with van der Waals surface area (Å²) in [5, 5.41) is 5.73. The zero-order valence-corrected chi connectivity index (χ0v) is 12.0. The number of nitrogens with zero attached hydrogens (tertiary/aromatic N) is 1. The highest BCUT2D eigenvalue weighted by molar-refractivity contribution is 6.00. The van der Waals surface area contributed by atoms with Crippen LogP contribution in [-0.2, 0) is 0 Å². The van der Waals surface area contributed by atoms with E-state index in [1.54, 1.807) is 24.5 Å². The minimum absolute atomic E-state index is 0.243. The predicted octanol–water partition coefficient (Wildman–Crippen LogP) is 4.16. The van der Waals surface area contributed by atoms with E-state index in [2.05, 4.69) is 29.5 Å². The fourth-order valence-corrected chi connectivity index (χ4v) is 2.05. The van der Waals surface area contributed by atoms with Crippen LogP contribution in [0.3, 0.4) is 0 Å². The van der Waals surface area contributed by atoms with Crippen LogP contribution in [0.25, 0.3) is 0 Å². The van der Waals surface area contributed by atoms with Gasteiger partial charge in [-0.25, -0.2) is 4.79 Å². The first-order chi connectivity index (χ1) is 9.58. The number of hydrogen-bond donors (Lipinski definition) is 2. The van der Waals surface area contributed by atoms with Crippen LogP contribution in [0.1, 0.15) is 30.9 Å². The smallest absolute Gasteiger partial charge is 0.308 e. The number of carbonyl (C=O) groups excluding carboxylic acids is 1. The number of aryl methyl sites for hydroxylation is 1. The molecule has 2 N–H and O–H groups in total. The minimum atomic E-state index is -0.243. The maximum atomic E-state index is 12.1. The van der Waals surface area contributed by atoms with Crippen LogP contribution in [-0.4, -0.2) is 11.0 Å². The van der Waals surface area contributed by atoms with Gasteiger partial charge in [-0.2, -0.15) is 0 Å². The van der Waals surface area contributed by atoms with Crippen molar-refractivity contribution < 1.29 is 4.79 Å². The fraction of sp³-hybridized carbons (Fsp3) is 0.250. The highest BCUT2D eigenvalue weighted by Crippen LogP contribution is 2.27. The van der Waals surface area contributed by atoms with Gasteiger partial charge in [-0.1, -0.05) is 32.0 Å². The summed E-state index contributed by atoms with van der Waals surface area (Å²) in [5.41, 5.74) is 3.79. The molecule has 0 saturated carbocycles. The van der Waals surface area contributed by atoms with Gasteiger partial charge in [0.05, 0.1) is 0 Å². The van der Waals surface area contributed by atoms with Crippen molar-refractivity contribution in [3.05, 3.63) is 53.9 Å². The first-order valence-electron chi connectivity index (χ1n) is 6.65. The highest BCUT2D eigenvalue weighted by Gasteiger charge is 2.11. The molecule has 0 fully saturated rings. The van der Waals surface area contributed by atoms with Crippen molar-refractivity contribution in [3.8, 4) is 0 Å². The molecule has 0 radical (unpaired) electrons. The summed E-state index contributed by atoms with van der Waals surface area (Å²) in [6.45, 7) is 6.22. The van der Waals surface area contributed by atoms with Crippen LogP contribution < -0.4 is 10.6 Å². The van der Waals surface area contributed by atoms with Crippen LogP contribution in [0, 0.1) is 6.92 Å². The van der Waals surface area contributed by atoms with E-state index in [4.69, 9.17) is 0 Å². The van der Waals surface area contributed by atoms with Crippen LogP contribution in [0.2, 0.25) is 0 Å². The van der Waals surface area contributed by atoms with Crippen molar-refractivity contribution in [2.45, 2.75) is 26.7 Å². The molecular weight excluding hydrogens is 250 g/mol. The maximum Gasteiger partial charge on any atom is 0.323 e. The molecule has 4 nitrogen and oxygen atoms in total. The van der Waals surface area contributed by atoms with Crippen LogP contribution in [0.5, 0.6) is 0 Å². The quantitative estimate of drug-likeness (QED) is 0.879. The first kappa shape index (κ1) is 14.1. The number of amides is 2. The average molecular weight is 269 g/mol. The van der Waals surface area contributed by atoms with Crippen molar-refractivity contribution in [2.75, 3.05) is 10.6 Å². The van der Waals surface area contributed by atoms with E-state index in [-0.39, 0.29) is 6.03 Å². The Hall–Kier alpha value is -2.36. The van der Waals surface area contributed by atoms with Crippen LogP contribution in [0.15, 0.2) is 42.7 Å².